The van der Waals surface area contributed by atoms with E-state index in [1.165, 1.54) is 5.57 Å². The SMILES string of the molecule is C=C1CCN(C(=O)c2cnc3c(c2)OCCN3C2=CC(NC)N(C(O)C(C)C)C=C2)CC1. The second-order valence-electron chi connectivity index (χ2n) is 8.83. The number of fused-ring (bicyclic) bond motifs is 1. The van der Waals surface area contributed by atoms with Crippen molar-refractivity contribution in [1.29, 1.82) is 0 Å². The number of aliphatic hydroxyl groups is 1. The lowest BCUT2D eigenvalue weighted by Gasteiger charge is -2.39. The predicted octanol–water partition coefficient (Wildman–Crippen LogP) is 2.31. The van der Waals surface area contributed by atoms with E-state index in [4.69, 9.17) is 4.74 Å². The molecule has 3 aliphatic rings. The normalized spacial score (nSPS) is 21.9. The van der Waals surface area contributed by atoms with Gasteiger partial charge in [0.25, 0.3) is 5.91 Å². The van der Waals surface area contributed by atoms with E-state index in [9.17, 15) is 9.90 Å². The van der Waals surface area contributed by atoms with Crippen molar-refractivity contribution >= 4 is 11.7 Å². The molecular weight excluding hydrogens is 406 g/mol. The molecule has 1 aromatic heterocycles. The van der Waals surface area contributed by atoms with Crippen LogP contribution in [0.1, 0.15) is 37.0 Å². The smallest absolute Gasteiger partial charge is 0.255 e. The molecule has 1 saturated heterocycles. The number of nitrogens with zero attached hydrogens (tertiary/aromatic N) is 4. The zero-order valence-corrected chi connectivity index (χ0v) is 19.1. The van der Waals surface area contributed by atoms with Crippen LogP contribution in [0.3, 0.4) is 0 Å². The van der Waals surface area contributed by atoms with Crippen molar-refractivity contribution in [3.8, 4) is 5.75 Å². The van der Waals surface area contributed by atoms with Gasteiger partial charge in [0.2, 0.25) is 0 Å². The van der Waals surface area contributed by atoms with E-state index in [0.29, 0.717) is 43.4 Å². The maximum atomic E-state index is 12.9. The van der Waals surface area contributed by atoms with Gasteiger partial charge in [-0.25, -0.2) is 4.98 Å². The molecule has 32 heavy (non-hydrogen) atoms. The highest BCUT2D eigenvalue weighted by Gasteiger charge is 2.29. The van der Waals surface area contributed by atoms with Crippen molar-refractivity contribution in [3.05, 3.63) is 54.0 Å². The predicted molar refractivity (Wildman–Crippen MR) is 124 cm³/mol. The van der Waals surface area contributed by atoms with Crippen LogP contribution in [0.2, 0.25) is 0 Å². The van der Waals surface area contributed by atoms with E-state index < -0.39 is 6.23 Å². The number of carbonyl (C=O) groups excluding carboxylic acids is 1. The summed E-state index contributed by atoms with van der Waals surface area (Å²) in [5.74, 6) is 1.40. The third-order valence-electron chi connectivity index (χ3n) is 6.24. The van der Waals surface area contributed by atoms with Crippen LogP contribution in [-0.2, 0) is 0 Å². The van der Waals surface area contributed by atoms with Gasteiger partial charge in [-0.15, -0.1) is 0 Å². The number of rotatable bonds is 5. The van der Waals surface area contributed by atoms with Gasteiger partial charge in [0, 0.05) is 31.2 Å². The molecule has 0 radical (unpaired) electrons. The Morgan fingerprint density at radius 1 is 1.31 bits per heavy atom. The van der Waals surface area contributed by atoms with Crippen LogP contribution in [0.4, 0.5) is 5.82 Å². The minimum Gasteiger partial charge on any atom is -0.488 e. The quantitative estimate of drug-likeness (QED) is 0.682. The Bertz CT molecular complexity index is 932. The van der Waals surface area contributed by atoms with Crippen LogP contribution in [0.5, 0.6) is 5.75 Å². The molecule has 0 spiro atoms. The summed E-state index contributed by atoms with van der Waals surface area (Å²) in [7, 11) is 1.87. The number of likely N-dealkylation sites (tertiary alicyclic amines) is 1. The lowest BCUT2D eigenvalue weighted by Crippen LogP contribution is -2.49. The minimum atomic E-state index is -0.586. The number of aliphatic hydroxyl groups excluding tert-OH is 1. The number of nitrogens with one attached hydrogen (secondary N) is 1. The number of hydrogen-bond acceptors (Lipinski definition) is 7. The Balaban J connectivity index is 1.55. The molecule has 4 rings (SSSR count). The van der Waals surface area contributed by atoms with E-state index in [1.54, 1.807) is 12.3 Å². The number of likely N-dealkylation sites (N-methyl/N-ethyl adjacent to an activating group) is 1. The van der Waals surface area contributed by atoms with Gasteiger partial charge in [-0.05, 0) is 44.0 Å². The molecule has 0 aromatic carbocycles. The summed E-state index contributed by atoms with van der Waals surface area (Å²) < 4.78 is 5.88. The minimum absolute atomic E-state index is 0.0149. The van der Waals surface area contributed by atoms with Crippen LogP contribution in [-0.4, -0.2) is 71.5 Å². The lowest BCUT2D eigenvalue weighted by atomic mass is 10.1. The Labute approximate surface area is 189 Å². The van der Waals surface area contributed by atoms with Gasteiger partial charge in [-0.2, -0.15) is 0 Å². The molecule has 2 unspecified atom stereocenters. The van der Waals surface area contributed by atoms with E-state index in [1.807, 2.05) is 43.0 Å². The number of anilines is 1. The van der Waals surface area contributed by atoms with Crippen molar-refractivity contribution in [2.45, 2.75) is 39.1 Å². The largest absolute Gasteiger partial charge is 0.488 e. The van der Waals surface area contributed by atoms with Crippen molar-refractivity contribution in [2.75, 3.05) is 38.2 Å². The van der Waals surface area contributed by atoms with Gasteiger partial charge >= 0.3 is 0 Å². The third-order valence-corrected chi connectivity index (χ3v) is 6.24. The summed E-state index contributed by atoms with van der Waals surface area (Å²) in [5.41, 5.74) is 2.72. The number of piperidine rings is 1. The number of hydrogen-bond donors (Lipinski definition) is 2. The average Bonchev–Trinajstić information content (AvgIpc) is 2.82. The second-order valence-corrected chi connectivity index (χ2v) is 8.83. The van der Waals surface area contributed by atoms with Crippen LogP contribution in [0.25, 0.3) is 0 Å². The molecule has 3 aliphatic heterocycles. The Kier molecular flexibility index (Phi) is 6.53. The topological polar surface area (TPSA) is 81.2 Å². The number of carbonyl (C=O) groups is 1. The van der Waals surface area contributed by atoms with Crippen molar-refractivity contribution in [3.63, 3.8) is 0 Å². The van der Waals surface area contributed by atoms with Crippen LogP contribution in [0.15, 0.2) is 48.5 Å². The molecule has 4 heterocycles. The summed E-state index contributed by atoms with van der Waals surface area (Å²) in [6.45, 7) is 10.6. The van der Waals surface area contributed by atoms with Gasteiger partial charge in [0.15, 0.2) is 11.6 Å². The Hall–Kier alpha value is -2.84. The van der Waals surface area contributed by atoms with Gasteiger partial charge in [0.1, 0.15) is 19.0 Å². The van der Waals surface area contributed by atoms with E-state index in [2.05, 4.69) is 27.9 Å². The van der Waals surface area contributed by atoms with Gasteiger partial charge in [-0.1, -0.05) is 26.0 Å². The van der Waals surface area contributed by atoms with E-state index in [0.717, 1.165) is 18.5 Å². The Morgan fingerprint density at radius 3 is 2.75 bits per heavy atom. The molecule has 8 nitrogen and oxygen atoms in total. The molecule has 1 fully saturated rings. The van der Waals surface area contributed by atoms with Crippen LogP contribution in [0, 0.1) is 5.92 Å². The molecule has 0 bridgehead atoms. The summed E-state index contributed by atoms with van der Waals surface area (Å²) in [4.78, 5) is 23.4. The number of allylic oxidation sites excluding steroid dienone is 1. The Morgan fingerprint density at radius 2 is 2.06 bits per heavy atom. The van der Waals surface area contributed by atoms with Crippen LogP contribution < -0.4 is 15.0 Å². The average molecular weight is 440 g/mol. The number of ether oxygens (including phenoxy) is 1. The summed E-state index contributed by atoms with van der Waals surface area (Å²) in [6, 6.07) is 1.80. The van der Waals surface area contributed by atoms with Gasteiger partial charge in [-0.3, -0.25) is 10.1 Å². The maximum Gasteiger partial charge on any atom is 0.255 e. The first-order valence-corrected chi connectivity index (χ1v) is 11.3. The number of amides is 1. The first-order chi connectivity index (χ1) is 15.4. The third kappa shape index (κ3) is 4.38. The van der Waals surface area contributed by atoms with Crippen LogP contribution >= 0.6 is 0 Å². The highest BCUT2D eigenvalue weighted by Crippen LogP contribution is 2.34. The fourth-order valence-corrected chi connectivity index (χ4v) is 4.24. The monoisotopic (exact) mass is 439 g/mol. The highest BCUT2D eigenvalue weighted by atomic mass is 16.5. The van der Waals surface area contributed by atoms with E-state index in [-0.39, 0.29) is 18.0 Å². The molecule has 2 atom stereocenters. The highest BCUT2D eigenvalue weighted by molar-refractivity contribution is 5.95. The first-order valence-electron chi connectivity index (χ1n) is 11.3. The fraction of sp³-hybridized carbons (Fsp3) is 0.500. The molecule has 2 N–H and O–H groups in total. The molecule has 1 aromatic rings. The molecular formula is C24H33N5O3. The van der Waals surface area contributed by atoms with Gasteiger partial charge < -0.3 is 24.5 Å². The molecule has 172 valence electrons. The fourth-order valence-electron chi connectivity index (χ4n) is 4.24. The number of pyridine rings is 1. The first kappa shape index (κ1) is 22.4. The molecule has 0 aliphatic carbocycles. The zero-order valence-electron chi connectivity index (χ0n) is 19.1. The zero-order chi connectivity index (χ0) is 22.8. The van der Waals surface area contributed by atoms with E-state index >= 15 is 0 Å². The maximum absolute atomic E-state index is 12.9. The lowest BCUT2D eigenvalue weighted by molar-refractivity contribution is -0.0198. The van der Waals surface area contributed by atoms with Gasteiger partial charge in [0.05, 0.1) is 12.1 Å². The van der Waals surface area contributed by atoms with Crippen molar-refractivity contribution in [1.82, 2.24) is 20.1 Å². The molecule has 1 amide bonds. The summed E-state index contributed by atoms with van der Waals surface area (Å²) in [5, 5.41) is 13.8. The summed E-state index contributed by atoms with van der Waals surface area (Å²) in [6.07, 6.45) is 8.58. The number of aromatic nitrogens is 1. The van der Waals surface area contributed by atoms with Crippen molar-refractivity contribution in [2.24, 2.45) is 5.92 Å². The second kappa shape index (κ2) is 9.34. The molecule has 8 heteroatoms. The standard InChI is InChI=1S/C24H33N5O3/c1-16(2)23(30)29-10-7-19(14-21(29)25-4)28-11-12-32-20-13-18(15-26-22(20)28)24(31)27-8-5-17(3)6-9-27/h7,10,13-16,21,23,25,30H,3,5-6,8-9,11-12H2,1-2,4H3. The molecule has 0 saturated carbocycles. The summed E-state index contributed by atoms with van der Waals surface area (Å²) >= 11 is 0. The van der Waals surface area contributed by atoms with Crippen molar-refractivity contribution < 1.29 is 14.6 Å².